The fraction of sp³-hybridized carbons (Fsp3) is 0.231. The van der Waals surface area contributed by atoms with Gasteiger partial charge in [-0.05, 0) is 12.5 Å². The number of hydrogen-bond donors (Lipinski definition) is 2. The molecular formula is C13H12O5. The van der Waals surface area contributed by atoms with Crippen LogP contribution in [0.3, 0.4) is 0 Å². The molecule has 2 rings (SSSR count). The maximum absolute atomic E-state index is 11.2. The highest BCUT2D eigenvalue weighted by molar-refractivity contribution is 5.88. The van der Waals surface area contributed by atoms with E-state index in [4.69, 9.17) is 9.52 Å². The number of aliphatic carboxylic acids is 2. The van der Waals surface area contributed by atoms with Crippen molar-refractivity contribution in [1.82, 2.24) is 0 Å². The smallest absolute Gasteiger partial charge is 0.311 e. The number of hydrogen-bond acceptors (Lipinski definition) is 3. The van der Waals surface area contributed by atoms with E-state index in [1.54, 1.807) is 24.3 Å². The molecule has 1 heterocycles. The molecule has 1 aromatic heterocycles. The summed E-state index contributed by atoms with van der Waals surface area (Å²) in [6.45, 7) is 0. The van der Waals surface area contributed by atoms with E-state index in [1.807, 2.05) is 0 Å². The van der Waals surface area contributed by atoms with Gasteiger partial charge in [-0.1, -0.05) is 18.2 Å². The molecule has 5 nitrogen and oxygen atoms in total. The number of para-hydroxylation sites is 1. The third kappa shape index (κ3) is 2.34. The molecule has 1 aromatic carbocycles. The second kappa shape index (κ2) is 4.91. The average molecular weight is 248 g/mol. The molecule has 2 aromatic rings. The summed E-state index contributed by atoms with van der Waals surface area (Å²) in [6.07, 6.45) is 1.26. The van der Waals surface area contributed by atoms with Crippen molar-refractivity contribution in [2.75, 3.05) is 0 Å². The van der Waals surface area contributed by atoms with E-state index in [2.05, 4.69) is 0 Å². The van der Waals surface area contributed by atoms with Gasteiger partial charge in [-0.3, -0.25) is 9.59 Å². The summed E-state index contributed by atoms with van der Waals surface area (Å²) in [5.74, 6) is -2.90. The number of carboxylic acid groups (broad SMARTS) is 2. The number of furan rings is 1. The maximum Gasteiger partial charge on any atom is 0.311 e. The van der Waals surface area contributed by atoms with Gasteiger partial charge in [0.25, 0.3) is 0 Å². The zero-order chi connectivity index (χ0) is 13.1. The Morgan fingerprint density at radius 3 is 2.61 bits per heavy atom. The van der Waals surface area contributed by atoms with Crippen molar-refractivity contribution in [3.8, 4) is 0 Å². The molecule has 0 saturated carbocycles. The van der Waals surface area contributed by atoms with Crippen molar-refractivity contribution < 1.29 is 24.2 Å². The Hall–Kier alpha value is -2.30. The second-order valence-electron chi connectivity index (χ2n) is 4.01. The van der Waals surface area contributed by atoms with Gasteiger partial charge in [0.15, 0.2) is 0 Å². The Balaban J connectivity index is 2.36. The molecular weight excluding hydrogens is 236 g/mol. The lowest BCUT2D eigenvalue weighted by molar-refractivity contribution is -0.140. The summed E-state index contributed by atoms with van der Waals surface area (Å²) in [5.41, 5.74) is 1.13. The van der Waals surface area contributed by atoms with Crippen molar-refractivity contribution in [2.45, 2.75) is 18.8 Å². The summed E-state index contributed by atoms with van der Waals surface area (Å²) in [5, 5.41) is 18.5. The molecule has 0 spiro atoms. The number of carboxylic acids is 2. The quantitative estimate of drug-likeness (QED) is 0.848. The number of benzene rings is 1. The largest absolute Gasteiger partial charge is 0.481 e. The van der Waals surface area contributed by atoms with E-state index in [9.17, 15) is 14.7 Å². The van der Waals surface area contributed by atoms with Gasteiger partial charge in [0.2, 0.25) is 0 Å². The molecule has 0 amide bonds. The fourth-order valence-corrected chi connectivity index (χ4v) is 1.95. The first-order valence-electron chi connectivity index (χ1n) is 5.50. The molecule has 5 heteroatoms. The third-order valence-corrected chi connectivity index (χ3v) is 2.83. The molecule has 0 saturated heterocycles. The summed E-state index contributed by atoms with van der Waals surface area (Å²) >= 11 is 0. The lowest BCUT2D eigenvalue weighted by Crippen LogP contribution is -2.13. The first-order chi connectivity index (χ1) is 8.59. The number of rotatable bonds is 5. The predicted molar refractivity (Wildman–Crippen MR) is 63.5 cm³/mol. The van der Waals surface area contributed by atoms with Crippen molar-refractivity contribution in [1.29, 1.82) is 0 Å². The van der Waals surface area contributed by atoms with Gasteiger partial charge in [0, 0.05) is 17.4 Å². The zero-order valence-electron chi connectivity index (χ0n) is 9.50. The predicted octanol–water partition coefficient (Wildman–Crippen LogP) is 2.47. The van der Waals surface area contributed by atoms with Crippen molar-refractivity contribution in [2.24, 2.45) is 0 Å². The molecule has 2 N–H and O–H groups in total. The van der Waals surface area contributed by atoms with Crippen LogP contribution in [0.2, 0.25) is 0 Å². The van der Waals surface area contributed by atoms with Crippen LogP contribution in [0, 0.1) is 0 Å². The molecule has 0 aliphatic heterocycles. The lowest BCUT2D eigenvalue weighted by Gasteiger charge is -2.09. The molecule has 0 aliphatic rings. The van der Waals surface area contributed by atoms with Crippen molar-refractivity contribution >= 4 is 22.9 Å². The molecule has 0 bridgehead atoms. The van der Waals surface area contributed by atoms with Crippen LogP contribution in [-0.2, 0) is 9.59 Å². The van der Waals surface area contributed by atoms with Crippen molar-refractivity contribution in [3.05, 3.63) is 36.1 Å². The van der Waals surface area contributed by atoms with Gasteiger partial charge >= 0.3 is 11.9 Å². The highest BCUT2D eigenvalue weighted by atomic mass is 16.4. The van der Waals surface area contributed by atoms with E-state index < -0.39 is 17.9 Å². The fourth-order valence-electron chi connectivity index (χ4n) is 1.95. The Morgan fingerprint density at radius 2 is 1.94 bits per heavy atom. The number of fused-ring (bicyclic) bond motifs is 1. The third-order valence-electron chi connectivity index (χ3n) is 2.83. The van der Waals surface area contributed by atoms with Crippen LogP contribution in [0.15, 0.2) is 34.9 Å². The van der Waals surface area contributed by atoms with Crippen LogP contribution in [0.25, 0.3) is 11.0 Å². The molecule has 1 atom stereocenters. The Bertz CT molecular complexity index is 584. The van der Waals surface area contributed by atoms with Gasteiger partial charge < -0.3 is 14.6 Å². The van der Waals surface area contributed by atoms with E-state index >= 15 is 0 Å². The Labute approximate surface area is 103 Å². The minimum absolute atomic E-state index is 0.0498. The first kappa shape index (κ1) is 12.2. The topological polar surface area (TPSA) is 87.7 Å². The lowest BCUT2D eigenvalue weighted by atomic mass is 9.94. The Morgan fingerprint density at radius 1 is 1.22 bits per heavy atom. The van der Waals surface area contributed by atoms with Crippen LogP contribution in [0.1, 0.15) is 24.3 Å². The van der Waals surface area contributed by atoms with E-state index in [-0.39, 0.29) is 12.8 Å². The van der Waals surface area contributed by atoms with Crippen LogP contribution in [0.4, 0.5) is 0 Å². The molecule has 0 fully saturated rings. The van der Waals surface area contributed by atoms with Crippen LogP contribution < -0.4 is 0 Å². The second-order valence-corrected chi connectivity index (χ2v) is 4.01. The monoisotopic (exact) mass is 248 g/mol. The number of carbonyl (C=O) groups is 2. The van der Waals surface area contributed by atoms with Gasteiger partial charge in [-0.25, -0.2) is 0 Å². The van der Waals surface area contributed by atoms with Crippen LogP contribution >= 0.6 is 0 Å². The van der Waals surface area contributed by atoms with E-state index in [1.165, 1.54) is 6.26 Å². The molecule has 94 valence electrons. The zero-order valence-corrected chi connectivity index (χ0v) is 9.50. The van der Waals surface area contributed by atoms with Crippen LogP contribution in [0.5, 0.6) is 0 Å². The summed E-state index contributed by atoms with van der Waals surface area (Å²) in [4.78, 5) is 21.8. The average Bonchev–Trinajstić information content (AvgIpc) is 2.73. The minimum atomic E-state index is -1.04. The molecule has 0 radical (unpaired) electrons. The summed E-state index contributed by atoms with van der Waals surface area (Å²) in [7, 11) is 0. The van der Waals surface area contributed by atoms with Gasteiger partial charge in [0.1, 0.15) is 5.58 Å². The molecule has 1 unspecified atom stereocenters. The van der Waals surface area contributed by atoms with Crippen LogP contribution in [-0.4, -0.2) is 22.2 Å². The summed E-state index contributed by atoms with van der Waals surface area (Å²) < 4.78 is 5.28. The standard InChI is InChI=1S/C13H12O5/c14-12(15)6-5-9(13(16)17)10-7-18-11-4-2-1-3-8(10)11/h1-4,7,9H,5-6H2,(H,14,15)(H,16,17). The normalized spacial score (nSPS) is 12.4. The molecule has 18 heavy (non-hydrogen) atoms. The Kier molecular flexibility index (Phi) is 3.32. The van der Waals surface area contributed by atoms with Gasteiger partial charge in [0.05, 0.1) is 12.2 Å². The van der Waals surface area contributed by atoms with E-state index in [0.717, 1.165) is 5.39 Å². The van der Waals surface area contributed by atoms with E-state index in [0.29, 0.717) is 11.1 Å². The SMILES string of the molecule is O=C(O)CCC(C(=O)O)c1coc2ccccc12. The molecule has 0 aliphatic carbocycles. The van der Waals surface area contributed by atoms with Gasteiger partial charge in [-0.2, -0.15) is 0 Å². The highest BCUT2D eigenvalue weighted by Gasteiger charge is 2.24. The summed E-state index contributed by atoms with van der Waals surface area (Å²) in [6, 6.07) is 7.10. The van der Waals surface area contributed by atoms with Gasteiger partial charge in [-0.15, -0.1) is 0 Å². The highest BCUT2D eigenvalue weighted by Crippen LogP contribution is 2.30. The minimum Gasteiger partial charge on any atom is -0.481 e. The van der Waals surface area contributed by atoms with Crippen molar-refractivity contribution in [3.63, 3.8) is 0 Å². The first-order valence-corrected chi connectivity index (χ1v) is 5.50. The maximum atomic E-state index is 11.2.